The van der Waals surface area contributed by atoms with Crippen molar-refractivity contribution in [2.45, 2.75) is 19.9 Å². The third kappa shape index (κ3) is 2.64. The highest BCUT2D eigenvalue weighted by molar-refractivity contribution is 5.92. The highest BCUT2D eigenvalue weighted by atomic mass is 16.5. The van der Waals surface area contributed by atoms with Gasteiger partial charge in [-0.15, -0.1) is 0 Å². The Kier molecular flexibility index (Phi) is 3.66. The van der Waals surface area contributed by atoms with Crippen molar-refractivity contribution in [2.75, 3.05) is 19.8 Å². The second-order valence-electron chi connectivity index (χ2n) is 5.10. The third-order valence-corrected chi connectivity index (χ3v) is 3.59. The summed E-state index contributed by atoms with van der Waals surface area (Å²) >= 11 is 0. The van der Waals surface area contributed by atoms with Crippen LogP contribution in [0.2, 0.25) is 0 Å². The average Bonchev–Trinajstić information content (AvgIpc) is 2.93. The largest absolute Gasteiger partial charge is 0.377 e. The Morgan fingerprint density at radius 2 is 2.19 bits per heavy atom. The molecular formula is C14H17N5O2. The number of ether oxygens (including phenoxy) is 1. The molecule has 3 rings (SSSR count). The van der Waals surface area contributed by atoms with E-state index < -0.39 is 0 Å². The summed E-state index contributed by atoms with van der Waals surface area (Å²) in [5.41, 5.74) is 3.06. The van der Waals surface area contributed by atoms with Crippen LogP contribution in [0.3, 0.4) is 0 Å². The Morgan fingerprint density at radius 1 is 1.33 bits per heavy atom. The molecule has 1 aliphatic rings. The maximum Gasteiger partial charge on any atom is 0.274 e. The number of hydrogen-bond donors (Lipinski definition) is 1. The summed E-state index contributed by atoms with van der Waals surface area (Å²) < 4.78 is 5.52. The fourth-order valence-corrected chi connectivity index (χ4v) is 2.43. The molecule has 1 amide bonds. The minimum absolute atomic E-state index is 0.134. The van der Waals surface area contributed by atoms with Crippen molar-refractivity contribution in [3.05, 3.63) is 41.2 Å². The quantitative estimate of drug-likeness (QED) is 0.892. The van der Waals surface area contributed by atoms with E-state index in [4.69, 9.17) is 4.74 Å². The van der Waals surface area contributed by atoms with Crippen molar-refractivity contribution in [3.8, 4) is 0 Å². The van der Waals surface area contributed by atoms with E-state index in [2.05, 4.69) is 20.2 Å². The van der Waals surface area contributed by atoms with Gasteiger partial charge in [0.05, 0.1) is 43.0 Å². The first-order chi connectivity index (χ1) is 10.2. The molecule has 0 saturated carbocycles. The van der Waals surface area contributed by atoms with Crippen LogP contribution in [0.1, 0.15) is 33.5 Å². The van der Waals surface area contributed by atoms with Crippen LogP contribution in [0, 0.1) is 13.8 Å². The molecule has 0 radical (unpaired) electrons. The predicted octanol–water partition coefficient (Wildman–Crippen LogP) is 1.03. The molecule has 0 aliphatic carbocycles. The number of carbonyl (C=O) groups excluding carboxylic acids is 1. The summed E-state index contributed by atoms with van der Waals surface area (Å²) in [5, 5.41) is 6.99. The van der Waals surface area contributed by atoms with Crippen molar-refractivity contribution in [1.82, 2.24) is 25.1 Å². The van der Waals surface area contributed by atoms with E-state index >= 15 is 0 Å². The number of H-pyrrole nitrogens is 1. The van der Waals surface area contributed by atoms with Crippen LogP contribution in [-0.4, -0.2) is 50.7 Å². The zero-order chi connectivity index (χ0) is 14.8. The molecule has 0 aromatic carbocycles. The van der Waals surface area contributed by atoms with Gasteiger partial charge in [-0.25, -0.2) is 4.98 Å². The average molecular weight is 287 g/mol. The molecule has 1 N–H and O–H groups in total. The summed E-state index contributed by atoms with van der Waals surface area (Å²) in [6, 6.07) is -0.170. The van der Waals surface area contributed by atoms with Gasteiger partial charge in [0, 0.05) is 12.7 Å². The highest BCUT2D eigenvalue weighted by Crippen LogP contribution is 2.26. The van der Waals surface area contributed by atoms with Crippen molar-refractivity contribution in [3.63, 3.8) is 0 Å². The number of aryl methyl sites for hydroxylation is 2. The number of nitrogens with zero attached hydrogens (tertiary/aromatic N) is 4. The number of nitrogens with one attached hydrogen (secondary N) is 1. The van der Waals surface area contributed by atoms with Crippen LogP contribution in [0.25, 0.3) is 0 Å². The highest BCUT2D eigenvalue weighted by Gasteiger charge is 2.32. The molecule has 2 aromatic rings. The monoisotopic (exact) mass is 287 g/mol. The van der Waals surface area contributed by atoms with E-state index in [9.17, 15) is 4.79 Å². The Morgan fingerprint density at radius 3 is 2.86 bits per heavy atom. The lowest BCUT2D eigenvalue weighted by Crippen LogP contribution is -2.44. The van der Waals surface area contributed by atoms with Crippen LogP contribution in [0.5, 0.6) is 0 Å². The van der Waals surface area contributed by atoms with E-state index in [-0.39, 0.29) is 11.9 Å². The molecule has 2 aromatic heterocycles. The molecule has 1 atom stereocenters. The smallest absolute Gasteiger partial charge is 0.274 e. The summed E-state index contributed by atoms with van der Waals surface area (Å²) in [6.45, 7) is 5.30. The molecule has 0 bridgehead atoms. The summed E-state index contributed by atoms with van der Waals surface area (Å²) in [4.78, 5) is 22.7. The van der Waals surface area contributed by atoms with Gasteiger partial charge in [0.1, 0.15) is 5.69 Å². The van der Waals surface area contributed by atoms with E-state index in [1.807, 2.05) is 13.8 Å². The molecule has 1 fully saturated rings. The molecule has 21 heavy (non-hydrogen) atoms. The molecule has 1 saturated heterocycles. The second-order valence-corrected chi connectivity index (χ2v) is 5.10. The Hall–Kier alpha value is -2.28. The zero-order valence-corrected chi connectivity index (χ0v) is 12.0. The first-order valence-corrected chi connectivity index (χ1v) is 6.84. The van der Waals surface area contributed by atoms with Gasteiger partial charge in [-0.2, -0.15) is 5.10 Å². The SMILES string of the molecule is Cc1cnc(C(=O)N2CCOC[C@@H]2c2[nH]ncc2C)cn1. The first-order valence-electron chi connectivity index (χ1n) is 6.84. The minimum atomic E-state index is -0.170. The number of rotatable bonds is 2. The first kappa shape index (κ1) is 13.7. The fraction of sp³-hybridized carbons (Fsp3) is 0.429. The molecule has 1 aliphatic heterocycles. The Bertz CT molecular complexity index is 637. The van der Waals surface area contributed by atoms with Crippen LogP contribution in [-0.2, 0) is 4.74 Å². The number of amides is 1. The normalized spacial score (nSPS) is 18.8. The maximum atomic E-state index is 12.7. The van der Waals surface area contributed by atoms with Gasteiger partial charge < -0.3 is 9.64 Å². The lowest BCUT2D eigenvalue weighted by atomic mass is 10.1. The van der Waals surface area contributed by atoms with Crippen molar-refractivity contribution < 1.29 is 9.53 Å². The van der Waals surface area contributed by atoms with Gasteiger partial charge in [-0.3, -0.25) is 14.9 Å². The van der Waals surface area contributed by atoms with Gasteiger partial charge in [0.25, 0.3) is 5.91 Å². The van der Waals surface area contributed by atoms with Crippen molar-refractivity contribution >= 4 is 5.91 Å². The van der Waals surface area contributed by atoms with E-state index in [0.717, 1.165) is 17.0 Å². The van der Waals surface area contributed by atoms with Crippen LogP contribution < -0.4 is 0 Å². The number of aromatic amines is 1. The molecular weight excluding hydrogens is 270 g/mol. The van der Waals surface area contributed by atoms with Gasteiger partial charge in [-0.05, 0) is 19.4 Å². The standard InChI is InChI=1S/C14H17N5O2/c1-9-5-17-18-13(9)12-8-21-4-3-19(12)14(20)11-7-15-10(2)6-16-11/h5-7,12H,3-4,8H2,1-2H3,(H,17,18)/t12-/m1/s1. The lowest BCUT2D eigenvalue weighted by Gasteiger charge is -2.35. The van der Waals surface area contributed by atoms with Gasteiger partial charge in [0.2, 0.25) is 0 Å². The molecule has 7 heteroatoms. The fourth-order valence-electron chi connectivity index (χ4n) is 2.43. The zero-order valence-electron chi connectivity index (χ0n) is 12.0. The second kappa shape index (κ2) is 5.61. The van der Waals surface area contributed by atoms with Crippen LogP contribution in [0.4, 0.5) is 0 Å². The number of carbonyl (C=O) groups is 1. The minimum Gasteiger partial charge on any atom is -0.377 e. The molecule has 0 unspecified atom stereocenters. The lowest BCUT2D eigenvalue weighted by molar-refractivity contribution is -0.00441. The molecule has 110 valence electrons. The Balaban J connectivity index is 1.89. The van der Waals surface area contributed by atoms with E-state index in [1.165, 1.54) is 6.20 Å². The van der Waals surface area contributed by atoms with E-state index in [0.29, 0.717) is 25.5 Å². The van der Waals surface area contributed by atoms with Crippen LogP contribution >= 0.6 is 0 Å². The third-order valence-electron chi connectivity index (χ3n) is 3.59. The Labute approximate surface area is 122 Å². The van der Waals surface area contributed by atoms with Crippen molar-refractivity contribution in [1.29, 1.82) is 0 Å². The van der Waals surface area contributed by atoms with Gasteiger partial charge in [0.15, 0.2) is 0 Å². The topological polar surface area (TPSA) is 84.0 Å². The molecule has 7 nitrogen and oxygen atoms in total. The summed E-state index contributed by atoms with van der Waals surface area (Å²) in [5.74, 6) is -0.134. The molecule has 0 spiro atoms. The van der Waals surface area contributed by atoms with Crippen LogP contribution in [0.15, 0.2) is 18.6 Å². The van der Waals surface area contributed by atoms with E-state index in [1.54, 1.807) is 17.3 Å². The van der Waals surface area contributed by atoms with Gasteiger partial charge in [-0.1, -0.05) is 0 Å². The molecule has 3 heterocycles. The van der Waals surface area contributed by atoms with Gasteiger partial charge >= 0.3 is 0 Å². The number of hydrogen-bond acceptors (Lipinski definition) is 5. The van der Waals surface area contributed by atoms with Crippen molar-refractivity contribution in [2.24, 2.45) is 0 Å². The summed E-state index contributed by atoms with van der Waals surface area (Å²) in [7, 11) is 0. The summed E-state index contributed by atoms with van der Waals surface area (Å²) in [6.07, 6.45) is 4.87. The predicted molar refractivity (Wildman–Crippen MR) is 74.7 cm³/mol. The number of morpholine rings is 1. The number of aromatic nitrogens is 4. The maximum absolute atomic E-state index is 12.7.